The summed E-state index contributed by atoms with van der Waals surface area (Å²) < 4.78 is 26.4. The van der Waals surface area contributed by atoms with Crippen LogP contribution in [0.5, 0.6) is 0 Å². The maximum Gasteiger partial charge on any atom is 0.263 e. The van der Waals surface area contributed by atoms with Crippen molar-refractivity contribution in [3.63, 3.8) is 0 Å². The normalized spacial score (nSPS) is 23.9. The van der Waals surface area contributed by atoms with Gasteiger partial charge in [0.15, 0.2) is 0 Å². The molecule has 1 aliphatic carbocycles. The van der Waals surface area contributed by atoms with Crippen molar-refractivity contribution in [3.8, 4) is 0 Å². The fraction of sp³-hybridized carbons (Fsp3) is 0.462. The Kier molecular flexibility index (Phi) is 2.87. The monoisotopic (exact) mass is 279 g/mol. The van der Waals surface area contributed by atoms with Crippen LogP contribution in [-0.4, -0.2) is 27.3 Å². The molecule has 0 radical (unpaired) electrons. The molecular formula is C13H17N3O2S. The van der Waals surface area contributed by atoms with Crippen LogP contribution in [0, 0.1) is 5.41 Å². The lowest BCUT2D eigenvalue weighted by Crippen LogP contribution is -2.23. The van der Waals surface area contributed by atoms with Crippen molar-refractivity contribution >= 4 is 15.9 Å². The molecule has 1 aromatic carbocycles. The van der Waals surface area contributed by atoms with Gasteiger partial charge in [-0.05, 0) is 43.4 Å². The molecule has 0 saturated heterocycles. The Morgan fingerprint density at radius 3 is 2.74 bits per heavy atom. The zero-order chi connectivity index (χ0) is 13.5. The number of aliphatic imine (C=N–C) groups is 1. The van der Waals surface area contributed by atoms with Gasteiger partial charge in [-0.3, -0.25) is 9.71 Å². The van der Waals surface area contributed by atoms with E-state index in [1.165, 1.54) is 0 Å². The summed E-state index contributed by atoms with van der Waals surface area (Å²) in [6, 6.07) is 6.93. The highest BCUT2D eigenvalue weighted by atomic mass is 32.2. The van der Waals surface area contributed by atoms with E-state index in [1.54, 1.807) is 18.2 Å². The third-order valence-corrected chi connectivity index (χ3v) is 5.26. The van der Waals surface area contributed by atoms with E-state index in [1.807, 2.05) is 6.07 Å². The number of sulfonamides is 1. The number of rotatable bonds is 4. The molecule has 3 rings (SSSR count). The molecule has 0 bridgehead atoms. The van der Waals surface area contributed by atoms with Gasteiger partial charge in [-0.15, -0.1) is 0 Å². The number of fused-ring (bicyclic) bond motifs is 1. The van der Waals surface area contributed by atoms with Crippen molar-refractivity contribution in [2.75, 3.05) is 13.1 Å². The minimum absolute atomic E-state index is 0.213. The van der Waals surface area contributed by atoms with Gasteiger partial charge in [0.2, 0.25) is 0 Å². The van der Waals surface area contributed by atoms with Gasteiger partial charge in [-0.1, -0.05) is 12.1 Å². The summed E-state index contributed by atoms with van der Waals surface area (Å²) in [5.41, 5.74) is 6.48. The molecule has 3 N–H and O–H groups in total. The molecule has 102 valence electrons. The summed E-state index contributed by atoms with van der Waals surface area (Å²) in [5.74, 6) is 0.471. The van der Waals surface area contributed by atoms with Crippen molar-refractivity contribution in [1.29, 1.82) is 0 Å². The second kappa shape index (κ2) is 4.31. The van der Waals surface area contributed by atoms with Crippen LogP contribution in [0.2, 0.25) is 0 Å². The highest BCUT2D eigenvalue weighted by Gasteiger charge is 2.42. The van der Waals surface area contributed by atoms with E-state index in [0.717, 1.165) is 19.3 Å². The first kappa shape index (κ1) is 12.6. The maximum atomic E-state index is 11.9. The summed E-state index contributed by atoms with van der Waals surface area (Å²) in [7, 11) is -3.42. The second-order valence-electron chi connectivity index (χ2n) is 5.31. The molecule has 1 heterocycles. The van der Waals surface area contributed by atoms with Gasteiger partial charge in [0.05, 0.1) is 4.90 Å². The molecule has 0 unspecified atom stereocenters. The number of nitrogens with zero attached hydrogens (tertiary/aromatic N) is 1. The predicted molar refractivity (Wildman–Crippen MR) is 73.5 cm³/mol. The third kappa shape index (κ3) is 2.26. The number of nitrogens with two attached hydrogens (primary N) is 1. The van der Waals surface area contributed by atoms with Crippen LogP contribution in [-0.2, 0) is 10.0 Å². The summed E-state index contributed by atoms with van der Waals surface area (Å²) in [5, 5.41) is 0. The predicted octanol–water partition coefficient (Wildman–Crippen LogP) is 0.854. The molecule has 0 aromatic heterocycles. The average molecular weight is 279 g/mol. The first-order valence-electron chi connectivity index (χ1n) is 6.43. The van der Waals surface area contributed by atoms with E-state index < -0.39 is 10.0 Å². The number of benzene rings is 1. The molecule has 0 spiro atoms. The summed E-state index contributed by atoms with van der Waals surface area (Å²) in [6.07, 6.45) is 3.23. The first-order valence-corrected chi connectivity index (χ1v) is 7.91. The Bertz CT molecular complexity index is 633. The van der Waals surface area contributed by atoms with Crippen molar-refractivity contribution < 1.29 is 8.42 Å². The minimum Gasteiger partial charge on any atom is -0.330 e. The van der Waals surface area contributed by atoms with E-state index in [4.69, 9.17) is 5.73 Å². The van der Waals surface area contributed by atoms with Crippen LogP contribution in [0.3, 0.4) is 0 Å². The van der Waals surface area contributed by atoms with Gasteiger partial charge in [-0.25, -0.2) is 8.42 Å². The lowest BCUT2D eigenvalue weighted by atomic mass is 10.0. The van der Waals surface area contributed by atoms with Gasteiger partial charge in [0.25, 0.3) is 10.0 Å². The zero-order valence-corrected chi connectivity index (χ0v) is 11.4. The molecule has 1 aliphatic heterocycles. The molecule has 6 heteroatoms. The van der Waals surface area contributed by atoms with E-state index in [2.05, 4.69) is 9.71 Å². The molecule has 2 aliphatic rings. The summed E-state index contributed by atoms with van der Waals surface area (Å²) >= 11 is 0. The van der Waals surface area contributed by atoms with E-state index in [9.17, 15) is 8.42 Å². The van der Waals surface area contributed by atoms with Crippen molar-refractivity contribution in [2.45, 2.75) is 24.2 Å². The van der Waals surface area contributed by atoms with Gasteiger partial charge < -0.3 is 5.73 Å². The minimum atomic E-state index is -3.42. The van der Waals surface area contributed by atoms with Crippen LogP contribution in [0.15, 0.2) is 34.2 Å². The molecule has 1 aromatic rings. The Balaban J connectivity index is 1.88. The Hall–Kier alpha value is -1.40. The molecular weight excluding hydrogens is 262 g/mol. The fourth-order valence-electron chi connectivity index (χ4n) is 2.47. The molecule has 5 nitrogen and oxygen atoms in total. The largest absolute Gasteiger partial charge is 0.330 e. The second-order valence-corrected chi connectivity index (χ2v) is 6.96. The Morgan fingerprint density at radius 2 is 2.05 bits per heavy atom. The van der Waals surface area contributed by atoms with Gasteiger partial charge in [0, 0.05) is 12.1 Å². The Morgan fingerprint density at radius 1 is 1.32 bits per heavy atom. The van der Waals surface area contributed by atoms with Crippen LogP contribution < -0.4 is 10.5 Å². The number of amidine groups is 1. The summed E-state index contributed by atoms with van der Waals surface area (Å²) in [6.45, 7) is 1.31. The lowest BCUT2D eigenvalue weighted by Gasteiger charge is -2.10. The number of hydrogen-bond donors (Lipinski definition) is 2. The molecule has 0 atom stereocenters. The van der Waals surface area contributed by atoms with Crippen LogP contribution in [0.1, 0.15) is 24.8 Å². The Labute approximate surface area is 113 Å². The van der Waals surface area contributed by atoms with E-state index >= 15 is 0 Å². The van der Waals surface area contributed by atoms with Crippen LogP contribution in [0.4, 0.5) is 0 Å². The summed E-state index contributed by atoms with van der Waals surface area (Å²) in [4.78, 5) is 4.80. The van der Waals surface area contributed by atoms with Gasteiger partial charge in [-0.2, -0.15) is 0 Å². The highest BCUT2D eigenvalue weighted by molar-refractivity contribution is 7.90. The lowest BCUT2D eigenvalue weighted by molar-refractivity contribution is 0.487. The maximum absolute atomic E-state index is 11.9. The average Bonchev–Trinajstić information content (AvgIpc) is 3.10. The van der Waals surface area contributed by atoms with Gasteiger partial charge >= 0.3 is 0 Å². The van der Waals surface area contributed by atoms with Gasteiger partial charge in [0.1, 0.15) is 5.84 Å². The zero-order valence-electron chi connectivity index (χ0n) is 10.6. The molecule has 1 fully saturated rings. The standard InChI is InChI=1S/C13H17N3O2S/c14-8-7-13(5-6-13)9-15-12-10-3-1-2-4-11(10)19(17,18)16-12/h1-4H,5-9,14H2,(H,15,16). The van der Waals surface area contributed by atoms with Crippen molar-refractivity contribution in [2.24, 2.45) is 16.1 Å². The van der Waals surface area contributed by atoms with E-state index in [0.29, 0.717) is 29.4 Å². The molecule has 0 amide bonds. The smallest absolute Gasteiger partial charge is 0.263 e. The quantitative estimate of drug-likeness (QED) is 0.857. The molecule has 1 saturated carbocycles. The van der Waals surface area contributed by atoms with Crippen molar-refractivity contribution in [3.05, 3.63) is 29.8 Å². The first-order chi connectivity index (χ1) is 9.06. The van der Waals surface area contributed by atoms with Crippen LogP contribution >= 0.6 is 0 Å². The topological polar surface area (TPSA) is 84.5 Å². The third-order valence-electron chi connectivity index (χ3n) is 3.87. The van der Waals surface area contributed by atoms with E-state index in [-0.39, 0.29) is 5.41 Å². The number of nitrogens with one attached hydrogen (secondary N) is 1. The highest BCUT2D eigenvalue weighted by Crippen LogP contribution is 2.48. The molecule has 19 heavy (non-hydrogen) atoms. The fourth-order valence-corrected chi connectivity index (χ4v) is 3.72. The SMILES string of the molecule is NCCC1(CN=C2NS(=O)(=O)c3ccccc32)CC1. The van der Waals surface area contributed by atoms with Crippen molar-refractivity contribution in [1.82, 2.24) is 4.72 Å². The number of hydrogen-bond acceptors (Lipinski definition) is 4. The van der Waals surface area contributed by atoms with Crippen LogP contribution in [0.25, 0.3) is 0 Å².